The van der Waals surface area contributed by atoms with Crippen LogP contribution in [0.5, 0.6) is 0 Å². The molecule has 72 valence electrons. The molecule has 14 heavy (non-hydrogen) atoms. The van der Waals surface area contributed by atoms with Crippen molar-refractivity contribution in [3.05, 3.63) is 29.6 Å². The van der Waals surface area contributed by atoms with Gasteiger partial charge in [-0.05, 0) is 19.2 Å². The van der Waals surface area contributed by atoms with E-state index in [-0.39, 0.29) is 5.69 Å². The fourth-order valence-corrected chi connectivity index (χ4v) is 0.829. The van der Waals surface area contributed by atoms with E-state index in [1.807, 2.05) is 0 Å². The average Bonchev–Trinajstić information content (AvgIpc) is 2.19. The minimum Gasteiger partial charge on any atom is -0.477 e. The van der Waals surface area contributed by atoms with Crippen molar-refractivity contribution in [2.75, 3.05) is 13.6 Å². The number of hydrogen-bond donors (Lipinski definition) is 2. The Morgan fingerprint density at radius 1 is 1.64 bits per heavy atom. The number of aromatic nitrogens is 1. The highest BCUT2D eigenvalue weighted by Crippen LogP contribution is 1.98. The Labute approximate surface area is 82.0 Å². The molecule has 4 nitrogen and oxygen atoms in total. The summed E-state index contributed by atoms with van der Waals surface area (Å²) in [6, 6.07) is 3.07. The molecule has 1 aromatic rings. The van der Waals surface area contributed by atoms with E-state index in [0.29, 0.717) is 12.1 Å². The smallest absolute Gasteiger partial charge is 0.354 e. The number of carboxylic acids is 1. The van der Waals surface area contributed by atoms with Gasteiger partial charge in [0.05, 0.1) is 6.54 Å². The number of hydrogen-bond acceptors (Lipinski definition) is 3. The quantitative estimate of drug-likeness (QED) is 0.660. The highest BCUT2D eigenvalue weighted by atomic mass is 16.4. The molecule has 0 fully saturated rings. The van der Waals surface area contributed by atoms with Gasteiger partial charge in [-0.2, -0.15) is 0 Å². The SMILES string of the molecule is CNCC#Cc1ccc(C(=O)O)nc1. The fraction of sp³-hybridized carbons (Fsp3) is 0.200. The largest absolute Gasteiger partial charge is 0.477 e. The van der Waals surface area contributed by atoms with Gasteiger partial charge in [-0.1, -0.05) is 11.8 Å². The summed E-state index contributed by atoms with van der Waals surface area (Å²) in [5.74, 6) is 4.67. The third-order valence-electron chi connectivity index (χ3n) is 1.48. The first kappa shape index (κ1) is 10.2. The van der Waals surface area contributed by atoms with Crippen molar-refractivity contribution in [2.24, 2.45) is 0 Å². The predicted octanol–water partition coefficient (Wildman–Crippen LogP) is 0.351. The zero-order chi connectivity index (χ0) is 10.4. The molecule has 0 unspecified atom stereocenters. The third-order valence-corrected chi connectivity index (χ3v) is 1.48. The monoisotopic (exact) mass is 190 g/mol. The highest BCUT2D eigenvalue weighted by molar-refractivity contribution is 5.85. The number of nitrogens with zero attached hydrogens (tertiary/aromatic N) is 1. The maximum absolute atomic E-state index is 10.5. The van der Waals surface area contributed by atoms with Crippen LogP contribution in [0, 0.1) is 11.8 Å². The van der Waals surface area contributed by atoms with Gasteiger partial charge in [-0.3, -0.25) is 0 Å². The highest BCUT2D eigenvalue weighted by Gasteiger charge is 2.01. The van der Waals surface area contributed by atoms with Crippen LogP contribution in [0.15, 0.2) is 18.3 Å². The zero-order valence-electron chi connectivity index (χ0n) is 7.74. The average molecular weight is 190 g/mol. The van der Waals surface area contributed by atoms with Crippen LogP contribution in [0.1, 0.15) is 16.1 Å². The molecule has 0 amide bonds. The normalized spacial score (nSPS) is 8.93. The number of carbonyl (C=O) groups is 1. The van der Waals surface area contributed by atoms with Crippen molar-refractivity contribution in [3.8, 4) is 11.8 Å². The lowest BCUT2D eigenvalue weighted by Gasteiger charge is -1.92. The first-order valence-electron chi connectivity index (χ1n) is 4.07. The molecule has 1 heterocycles. The molecule has 1 aromatic heterocycles. The second kappa shape index (κ2) is 5.00. The van der Waals surface area contributed by atoms with E-state index in [1.54, 1.807) is 13.1 Å². The van der Waals surface area contributed by atoms with Gasteiger partial charge in [0, 0.05) is 11.8 Å². The number of carboxylic acid groups (broad SMARTS) is 1. The Kier molecular flexibility index (Phi) is 3.65. The molecule has 4 heteroatoms. The number of nitrogens with one attached hydrogen (secondary N) is 1. The molecule has 2 N–H and O–H groups in total. The Hall–Kier alpha value is -1.86. The Morgan fingerprint density at radius 2 is 2.43 bits per heavy atom. The molecule has 0 saturated carbocycles. The summed E-state index contributed by atoms with van der Waals surface area (Å²) in [5.41, 5.74) is 0.745. The maximum atomic E-state index is 10.5. The summed E-state index contributed by atoms with van der Waals surface area (Å²) in [5, 5.41) is 11.5. The molecule has 0 aliphatic carbocycles. The van der Waals surface area contributed by atoms with E-state index in [4.69, 9.17) is 5.11 Å². The number of pyridine rings is 1. The van der Waals surface area contributed by atoms with Crippen LogP contribution in [0.25, 0.3) is 0 Å². The van der Waals surface area contributed by atoms with E-state index in [9.17, 15) is 4.79 Å². The van der Waals surface area contributed by atoms with Gasteiger partial charge in [0.25, 0.3) is 0 Å². The van der Waals surface area contributed by atoms with E-state index in [2.05, 4.69) is 22.1 Å². The summed E-state index contributed by atoms with van der Waals surface area (Å²) < 4.78 is 0. The standard InChI is InChI=1S/C10H10N2O2/c1-11-6-2-3-8-4-5-9(10(13)14)12-7-8/h4-5,7,11H,6H2,1H3,(H,13,14). The minimum absolute atomic E-state index is 0.0316. The van der Waals surface area contributed by atoms with Gasteiger partial charge in [0.1, 0.15) is 5.69 Å². The molecule has 0 aromatic carbocycles. The minimum atomic E-state index is -1.03. The van der Waals surface area contributed by atoms with Crippen LogP contribution in [0.3, 0.4) is 0 Å². The van der Waals surface area contributed by atoms with Crippen molar-refractivity contribution in [2.45, 2.75) is 0 Å². The lowest BCUT2D eigenvalue weighted by atomic mass is 10.2. The van der Waals surface area contributed by atoms with Crippen molar-refractivity contribution >= 4 is 5.97 Å². The van der Waals surface area contributed by atoms with Crippen LogP contribution in [0.2, 0.25) is 0 Å². The Balaban J connectivity index is 2.75. The summed E-state index contributed by atoms with van der Waals surface area (Å²) in [6.45, 7) is 0.598. The van der Waals surface area contributed by atoms with Gasteiger partial charge in [-0.25, -0.2) is 9.78 Å². The summed E-state index contributed by atoms with van der Waals surface area (Å²) in [7, 11) is 1.81. The number of rotatable bonds is 2. The van der Waals surface area contributed by atoms with Crippen molar-refractivity contribution in [3.63, 3.8) is 0 Å². The van der Waals surface area contributed by atoms with E-state index in [1.165, 1.54) is 12.3 Å². The second-order valence-electron chi connectivity index (χ2n) is 2.57. The third kappa shape index (κ3) is 2.88. The van der Waals surface area contributed by atoms with Crippen molar-refractivity contribution in [1.82, 2.24) is 10.3 Å². The maximum Gasteiger partial charge on any atom is 0.354 e. The molecular formula is C10H10N2O2. The molecule has 0 aliphatic heterocycles. The lowest BCUT2D eigenvalue weighted by molar-refractivity contribution is 0.0690. The molecule has 0 atom stereocenters. The van der Waals surface area contributed by atoms with Gasteiger partial charge >= 0.3 is 5.97 Å². The Morgan fingerprint density at radius 3 is 2.93 bits per heavy atom. The van der Waals surface area contributed by atoms with Crippen LogP contribution < -0.4 is 5.32 Å². The molecule has 0 spiro atoms. The Bertz CT molecular complexity index is 373. The van der Waals surface area contributed by atoms with E-state index >= 15 is 0 Å². The molecular weight excluding hydrogens is 180 g/mol. The van der Waals surface area contributed by atoms with Crippen molar-refractivity contribution in [1.29, 1.82) is 0 Å². The molecule has 0 aliphatic rings. The first-order valence-corrected chi connectivity index (χ1v) is 4.07. The molecule has 1 rings (SSSR count). The predicted molar refractivity (Wildman–Crippen MR) is 52.0 cm³/mol. The van der Waals surface area contributed by atoms with Crippen LogP contribution in [-0.2, 0) is 0 Å². The van der Waals surface area contributed by atoms with E-state index in [0.717, 1.165) is 0 Å². The summed E-state index contributed by atoms with van der Waals surface area (Å²) in [4.78, 5) is 14.2. The van der Waals surface area contributed by atoms with Crippen LogP contribution in [-0.4, -0.2) is 29.7 Å². The van der Waals surface area contributed by atoms with Gasteiger partial charge in [0.15, 0.2) is 0 Å². The second-order valence-corrected chi connectivity index (χ2v) is 2.57. The lowest BCUT2D eigenvalue weighted by Crippen LogP contribution is -2.04. The van der Waals surface area contributed by atoms with E-state index < -0.39 is 5.97 Å². The number of aromatic carboxylic acids is 1. The first-order chi connectivity index (χ1) is 6.74. The molecule has 0 saturated heterocycles. The summed E-state index contributed by atoms with van der Waals surface area (Å²) in [6.07, 6.45) is 1.45. The van der Waals surface area contributed by atoms with Crippen molar-refractivity contribution < 1.29 is 9.90 Å². The fourth-order valence-electron chi connectivity index (χ4n) is 0.829. The van der Waals surface area contributed by atoms with Gasteiger partial charge in [-0.15, -0.1) is 0 Å². The molecule has 0 radical (unpaired) electrons. The van der Waals surface area contributed by atoms with Gasteiger partial charge in [0.2, 0.25) is 0 Å². The molecule has 0 bridgehead atoms. The topological polar surface area (TPSA) is 62.2 Å². The zero-order valence-corrected chi connectivity index (χ0v) is 7.74. The van der Waals surface area contributed by atoms with Crippen LogP contribution in [0.4, 0.5) is 0 Å². The van der Waals surface area contributed by atoms with Crippen LogP contribution >= 0.6 is 0 Å². The van der Waals surface area contributed by atoms with Gasteiger partial charge < -0.3 is 10.4 Å². The summed E-state index contributed by atoms with van der Waals surface area (Å²) >= 11 is 0.